The van der Waals surface area contributed by atoms with E-state index in [2.05, 4.69) is 26.3 Å². The van der Waals surface area contributed by atoms with Crippen molar-refractivity contribution in [2.45, 2.75) is 50.2 Å². The van der Waals surface area contributed by atoms with E-state index < -0.39 is 36.4 Å². The summed E-state index contributed by atoms with van der Waals surface area (Å²) >= 11 is 0. The molecule has 1 heterocycles. The van der Waals surface area contributed by atoms with Crippen LogP contribution < -0.4 is 32.7 Å². The first kappa shape index (κ1) is 26.6. The molecule has 12 nitrogen and oxygen atoms in total. The molecule has 0 spiro atoms. The zero-order chi connectivity index (χ0) is 24.9. The zero-order valence-corrected chi connectivity index (χ0v) is 19.0. The van der Waals surface area contributed by atoms with E-state index in [4.69, 9.17) is 16.6 Å². The highest BCUT2D eigenvalue weighted by Gasteiger charge is 2.30. The largest absolute Gasteiger partial charge is 0.480 e. The Morgan fingerprint density at radius 3 is 2.44 bits per heavy atom. The molecule has 1 saturated heterocycles. The number of hydrogen-bond acceptors (Lipinski definition) is 6. The Balaban J connectivity index is 2.11. The minimum atomic E-state index is -1.20. The third-order valence-corrected chi connectivity index (χ3v) is 5.28. The van der Waals surface area contributed by atoms with Gasteiger partial charge >= 0.3 is 5.97 Å². The quantitative estimate of drug-likeness (QED) is 0.0984. The summed E-state index contributed by atoms with van der Waals surface area (Å²) in [6, 6.07) is 6.67. The zero-order valence-electron chi connectivity index (χ0n) is 19.0. The highest BCUT2D eigenvalue weighted by Crippen LogP contribution is 2.08. The number of carboxylic acid groups (broad SMARTS) is 1. The second-order valence-corrected chi connectivity index (χ2v) is 8.02. The van der Waals surface area contributed by atoms with Gasteiger partial charge in [0.1, 0.15) is 18.6 Å². The number of carbonyl (C=O) groups excluding carboxylic acids is 3. The maximum Gasteiger partial charge on any atom is 0.322 e. The van der Waals surface area contributed by atoms with Crippen molar-refractivity contribution in [1.82, 2.24) is 21.3 Å². The molecule has 0 saturated carbocycles. The lowest BCUT2D eigenvalue weighted by atomic mass is 10.0. The number of aliphatic imine (C=N–C) groups is 1. The van der Waals surface area contributed by atoms with Crippen molar-refractivity contribution < 1.29 is 24.3 Å². The predicted octanol–water partition coefficient (Wildman–Crippen LogP) is -1.79. The molecule has 0 aliphatic carbocycles. The number of nitrogens with zero attached hydrogens (tertiary/aromatic N) is 1. The van der Waals surface area contributed by atoms with Gasteiger partial charge in [-0.15, -0.1) is 0 Å². The molecule has 1 aromatic carbocycles. The van der Waals surface area contributed by atoms with Crippen LogP contribution in [0.2, 0.25) is 0 Å². The van der Waals surface area contributed by atoms with E-state index in [1.54, 1.807) is 24.3 Å². The Kier molecular flexibility index (Phi) is 10.8. The van der Waals surface area contributed by atoms with Crippen LogP contribution in [0.1, 0.15) is 31.2 Å². The smallest absolute Gasteiger partial charge is 0.322 e. The Bertz CT molecular complexity index is 868. The summed E-state index contributed by atoms with van der Waals surface area (Å²) in [5.74, 6) is -2.76. The minimum Gasteiger partial charge on any atom is -0.480 e. The van der Waals surface area contributed by atoms with Crippen molar-refractivity contribution in [2.24, 2.45) is 16.5 Å². The van der Waals surface area contributed by atoms with Crippen LogP contribution in [0.4, 0.5) is 0 Å². The first-order valence-corrected chi connectivity index (χ1v) is 11.2. The predicted molar refractivity (Wildman–Crippen MR) is 126 cm³/mol. The van der Waals surface area contributed by atoms with Gasteiger partial charge in [0.05, 0.1) is 6.04 Å². The molecule has 1 aliphatic heterocycles. The fraction of sp³-hybridized carbons (Fsp3) is 0.500. The number of nitrogens with one attached hydrogen (secondary N) is 4. The van der Waals surface area contributed by atoms with Crippen LogP contribution in [-0.2, 0) is 25.6 Å². The van der Waals surface area contributed by atoms with E-state index in [1.807, 2.05) is 6.07 Å². The van der Waals surface area contributed by atoms with E-state index >= 15 is 0 Å². The van der Waals surface area contributed by atoms with E-state index in [1.165, 1.54) is 0 Å². The van der Waals surface area contributed by atoms with Gasteiger partial charge in [-0.25, -0.2) is 0 Å². The van der Waals surface area contributed by atoms with Gasteiger partial charge in [0.25, 0.3) is 0 Å². The van der Waals surface area contributed by atoms with E-state index in [-0.39, 0.29) is 37.3 Å². The number of amides is 3. The average Bonchev–Trinajstić information content (AvgIpc) is 3.34. The maximum absolute atomic E-state index is 13.1. The molecule has 0 radical (unpaired) electrons. The van der Waals surface area contributed by atoms with Crippen LogP contribution in [-0.4, -0.2) is 72.5 Å². The highest BCUT2D eigenvalue weighted by molar-refractivity contribution is 5.93. The summed E-state index contributed by atoms with van der Waals surface area (Å²) in [6.45, 7) is 0.421. The second-order valence-electron chi connectivity index (χ2n) is 8.02. The van der Waals surface area contributed by atoms with Crippen molar-refractivity contribution in [3.8, 4) is 0 Å². The van der Waals surface area contributed by atoms with Gasteiger partial charge in [-0.3, -0.25) is 24.2 Å². The minimum absolute atomic E-state index is 0.0711. The van der Waals surface area contributed by atoms with Crippen molar-refractivity contribution in [3.05, 3.63) is 35.9 Å². The van der Waals surface area contributed by atoms with Crippen LogP contribution in [0.25, 0.3) is 0 Å². The Morgan fingerprint density at radius 2 is 1.82 bits per heavy atom. The van der Waals surface area contributed by atoms with Gasteiger partial charge < -0.3 is 37.8 Å². The number of guanidine groups is 1. The summed E-state index contributed by atoms with van der Waals surface area (Å²) in [6.07, 6.45) is 2.35. The van der Waals surface area contributed by atoms with Gasteiger partial charge in [0, 0.05) is 13.0 Å². The summed E-state index contributed by atoms with van der Waals surface area (Å²) in [5.41, 5.74) is 11.5. The van der Waals surface area contributed by atoms with Gasteiger partial charge in [0.15, 0.2) is 5.96 Å². The summed E-state index contributed by atoms with van der Waals surface area (Å²) in [4.78, 5) is 53.2. The molecule has 186 valence electrons. The standard InChI is InChI=1S/C22H33N7O5/c23-22(24)26-11-5-9-16(28-20(33)15-8-4-10-25-15)21(34)29-17(19(32)27-13-18(30)31)12-14-6-2-1-3-7-14/h1-3,6-7,15-17,25H,4-5,8-13H2,(H,27,32)(H,28,33)(H,29,34)(H,30,31)(H4,23,24,26). The monoisotopic (exact) mass is 475 g/mol. The second kappa shape index (κ2) is 13.8. The van der Waals surface area contributed by atoms with Crippen molar-refractivity contribution in [3.63, 3.8) is 0 Å². The molecule has 34 heavy (non-hydrogen) atoms. The van der Waals surface area contributed by atoms with Gasteiger partial charge in [-0.2, -0.15) is 0 Å². The molecule has 1 fully saturated rings. The third-order valence-electron chi connectivity index (χ3n) is 5.28. The van der Waals surface area contributed by atoms with Crippen LogP contribution in [0.3, 0.4) is 0 Å². The highest BCUT2D eigenvalue weighted by atomic mass is 16.4. The third kappa shape index (κ3) is 9.45. The number of nitrogens with two attached hydrogens (primary N) is 2. The normalized spacial score (nSPS) is 16.6. The van der Waals surface area contributed by atoms with Gasteiger partial charge in [-0.1, -0.05) is 30.3 Å². The first-order valence-electron chi connectivity index (χ1n) is 11.2. The molecular formula is C22H33N7O5. The maximum atomic E-state index is 13.1. The van der Waals surface area contributed by atoms with Crippen LogP contribution in [0, 0.1) is 0 Å². The fourth-order valence-electron chi connectivity index (χ4n) is 3.57. The van der Waals surface area contributed by atoms with E-state index in [0.717, 1.165) is 18.5 Å². The Hall–Kier alpha value is -3.67. The van der Waals surface area contributed by atoms with Crippen molar-refractivity contribution in [1.29, 1.82) is 0 Å². The number of aliphatic carboxylic acids is 1. The first-order chi connectivity index (χ1) is 16.3. The molecule has 9 N–H and O–H groups in total. The lowest BCUT2D eigenvalue weighted by Crippen LogP contribution is -2.56. The molecule has 3 unspecified atom stereocenters. The molecule has 3 atom stereocenters. The van der Waals surface area contributed by atoms with Crippen LogP contribution in [0.15, 0.2) is 35.3 Å². The number of hydrogen-bond donors (Lipinski definition) is 7. The fourth-order valence-corrected chi connectivity index (χ4v) is 3.57. The topological polar surface area (TPSA) is 201 Å². The molecule has 0 aromatic heterocycles. The van der Waals surface area contributed by atoms with Gasteiger partial charge in [-0.05, 0) is 37.8 Å². The lowest BCUT2D eigenvalue weighted by Gasteiger charge is -2.24. The van der Waals surface area contributed by atoms with E-state index in [9.17, 15) is 19.2 Å². The van der Waals surface area contributed by atoms with E-state index in [0.29, 0.717) is 12.8 Å². The molecule has 1 aromatic rings. The molecular weight excluding hydrogens is 442 g/mol. The lowest BCUT2D eigenvalue weighted by molar-refractivity contribution is -0.138. The number of rotatable bonds is 13. The average molecular weight is 476 g/mol. The van der Waals surface area contributed by atoms with Crippen molar-refractivity contribution >= 4 is 29.7 Å². The summed E-state index contributed by atoms with van der Waals surface area (Å²) < 4.78 is 0. The SMILES string of the molecule is NC(N)=NCCCC(NC(=O)C1CCCN1)C(=O)NC(Cc1ccccc1)C(=O)NCC(=O)O. The molecule has 2 rings (SSSR count). The Labute approximate surface area is 197 Å². The van der Waals surface area contributed by atoms with Gasteiger partial charge in [0.2, 0.25) is 17.7 Å². The summed E-state index contributed by atoms with van der Waals surface area (Å²) in [7, 11) is 0. The van der Waals surface area contributed by atoms with Crippen LogP contribution in [0.5, 0.6) is 0 Å². The molecule has 12 heteroatoms. The number of carbonyl (C=O) groups is 4. The number of carboxylic acids is 1. The number of benzene rings is 1. The van der Waals surface area contributed by atoms with Crippen molar-refractivity contribution in [2.75, 3.05) is 19.6 Å². The molecule has 0 bridgehead atoms. The summed E-state index contributed by atoms with van der Waals surface area (Å²) in [5, 5.41) is 19.7. The molecule has 3 amide bonds. The molecule has 1 aliphatic rings. The van der Waals surface area contributed by atoms with Crippen LogP contribution >= 0.6 is 0 Å². The Morgan fingerprint density at radius 1 is 1.09 bits per heavy atom.